The summed E-state index contributed by atoms with van der Waals surface area (Å²) in [6.45, 7) is 5.49. The lowest BCUT2D eigenvalue weighted by Crippen LogP contribution is -2.36. The van der Waals surface area contributed by atoms with Crippen molar-refractivity contribution in [2.24, 2.45) is 12.0 Å². The van der Waals surface area contributed by atoms with Crippen LogP contribution in [-0.2, 0) is 20.1 Å². The Balaban J connectivity index is 0.00000261. The first-order valence-electron chi connectivity index (χ1n) is 9.26. The number of halogens is 1. The van der Waals surface area contributed by atoms with Crippen LogP contribution < -0.4 is 15.4 Å². The van der Waals surface area contributed by atoms with Crippen molar-refractivity contribution in [3.8, 4) is 5.75 Å². The van der Waals surface area contributed by atoms with Gasteiger partial charge in [0, 0.05) is 44.0 Å². The Morgan fingerprint density at radius 1 is 1.22 bits per heavy atom. The van der Waals surface area contributed by atoms with Gasteiger partial charge >= 0.3 is 0 Å². The summed E-state index contributed by atoms with van der Waals surface area (Å²) in [5, 5.41) is 11.2. The Morgan fingerprint density at radius 3 is 2.52 bits per heavy atom. The predicted octanol–water partition coefficient (Wildman–Crippen LogP) is 3.45. The maximum atomic E-state index is 6.10. The van der Waals surface area contributed by atoms with Crippen LogP contribution in [0.25, 0.3) is 0 Å². The fourth-order valence-corrected chi connectivity index (χ4v) is 3.08. The first-order chi connectivity index (χ1) is 12.6. The van der Waals surface area contributed by atoms with Crippen molar-refractivity contribution in [3.05, 3.63) is 46.8 Å². The van der Waals surface area contributed by atoms with Gasteiger partial charge in [-0.05, 0) is 39.2 Å². The molecule has 0 atom stereocenters. The summed E-state index contributed by atoms with van der Waals surface area (Å²) in [4.78, 5) is 4.33. The van der Waals surface area contributed by atoms with E-state index in [9.17, 15) is 0 Å². The van der Waals surface area contributed by atoms with Crippen molar-refractivity contribution >= 4 is 29.9 Å². The van der Waals surface area contributed by atoms with Crippen molar-refractivity contribution < 1.29 is 4.74 Å². The molecule has 0 unspecified atom stereocenters. The molecule has 0 aliphatic heterocycles. The second kappa shape index (κ2) is 9.96. The molecule has 27 heavy (non-hydrogen) atoms. The van der Waals surface area contributed by atoms with Crippen molar-refractivity contribution in [2.45, 2.75) is 52.3 Å². The Hall–Kier alpha value is -1.77. The van der Waals surface area contributed by atoms with Crippen LogP contribution in [0.3, 0.4) is 0 Å². The zero-order valence-corrected chi connectivity index (χ0v) is 18.9. The average molecular weight is 483 g/mol. The van der Waals surface area contributed by atoms with Gasteiger partial charge in [0.2, 0.25) is 0 Å². The fraction of sp³-hybridized carbons (Fsp3) is 0.500. The molecule has 1 aliphatic carbocycles. The molecule has 3 rings (SSSR count). The minimum Gasteiger partial charge on any atom is -0.490 e. The van der Waals surface area contributed by atoms with Gasteiger partial charge in [-0.3, -0.25) is 9.67 Å². The van der Waals surface area contributed by atoms with Crippen molar-refractivity contribution in [2.75, 3.05) is 7.05 Å². The van der Waals surface area contributed by atoms with Gasteiger partial charge in [-0.25, -0.2) is 0 Å². The number of benzene rings is 1. The largest absolute Gasteiger partial charge is 0.490 e. The zero-order chi connectivity index (χ0) is 18.5. The lowest BCUT2D eigenvalue weighted by Gasteiger charge is -2.27. The number of nitrogens with zero attached hydrogens (tertiary/aromatic N) is 3. The minimum atomic E-state index is 0. The van der Waals surface area contributed by atoms with Crippen molar-refractivity contribution in [1.29, 1.82) is 0 Å². The summed E-state index contributed by atoms with van der Waals surface area (Å²) >= 11 is 0. The van der Waals surface area contributed by atoms with Crippen LogP contribution in [0.2, 0.25) is 0 Å². The molecule has 0 amide bonds. The number of aryl methyl sites for hydroxylation is 2. The van der Waals surface area contributed by atoms with Crippen LogP contribution in [0.1, 0.15) is 41.8 Å². The summed E-state index contributed by atoms with van der Waals surface area (Å²) in [7, 11) is 3.76. The maximum absolute atomic E-state index is 6.10. The molecule has 0 saturated heterocycles. The van der Waals surface area contributed by atoms with E-state index in [1.165, 1.54) is 17.7 Å². The lowest BCUT2D eigenvalue weighted by molar-refractivity contribution is 0.119. The minimum absolute atomic E-state index is 0. The van der Waals surface area contributed by atoms with Crippen molar-refractivity contribution in [1.82, 2.24) is 20.4 Å². The summed E-state index contributed by atoms with van der Waals surface area (Å²) < 4.78 is 8.01. The third kappa shape index (κ3) is 5.37. The number of aromatic nitrogens is 2. The first-order valence-corrected chi connectivity index (χ1v) is 9.26. The third-order valence-corrected chi connectivity index (χ3v) is 5.08. The van der Waals surface area contributed by atoms with Crippen LogP contribution >= 0.6 is 24.0 Å². The number of nitrogens with one attached hydrogen (secondary N) is 2. The van der Waals surface area contributed by atoms with Crippen LogP contribution in [-0.4, -0.2) is 28.9 Å². The third-order valence-electron chi connectivity index (χ3n) is 5.08. The van der Waals surface area contributed by atoms with E-state index < -0.39 is 0 Å². The van der Waals surface area contributed by atoms with Gasteiger partial charge in [-0.15, -0.1) is 24.0 Å². The fourth-order valence-electron chi connectivity index (χ4n) is 3.08. The number of guanidine groups is 1. The highest BCUT2D eigenvalue weighted by Crippen LogP contribution is 2.27. The Labute approximate surface area is 178 Å². The zero-order valence-electron chi connectivity index (χ0n) is 16.6. The van der Waals surface area contributed by atoms with E-state index in [1.807, 2.05) is 36.9 Å². The molecule has 7 heteroatoms. The topological polar surface area (TPSA) is 63.5 Å². The van der Waals surface area contributed by atoms with Gasteiger partial charge in [0.05, 0.1) is 11.8 Å². The number of aliphatic imine (C=N–C) groups is 1. The van der Waals surface area contributed by atoms with E-state index in [4.69, 9.17) is 4.74 Å². The molecule has 148 valence electrons. The first kappa shape index (κ1) is 21.5. The second-order valence-corrected chi connectivity index (χ2v) is 6.83. The Morgan fingerprint density at radius 2 is 1.93 bits per heavy atom. The molecule has 1 aromatic carbocycles. The van der Waals surface area contributed by atoms with Gasteiger partial charge in [0.25, 0.3) is 0 Å². The van der Waals surface area contributed by atoms with Crippen LogP contribution in [0.4, 0.5) is 0 Å². The molecule has 0 bridgehead atoms. The number of hydrogen-bond donors (Lipinski definition) is 2. The normalized spacial score (nSPS) is 14.3. The highest BCUT2D eigenvalue weighted by Gasteiger charge is 2.20. The van der Waals surface area contributed by atoms with E-state index in [-0.39, 0.29) is 24.0 Å². The summed E-state index contributed by atoms with van der Waals surface area (Å²) in [6, 6.07) is 8.22. The second-order valence-electron chi connectivity index (χ2n) is 6.83. The molecular formula is C20H30IN5O. The molecular weight excluding hydrogens is 453 g/mol. The van der Waals surface area contributed by atoms with E-state index in [1.54, 1.807) is 7.05 Å². The molecule has 1 fully saturated rings. The molecule has 0 spiro atoms. The molecule has 1 aromatic heterocycles. The van der Waals surface area contributed by atoms with Crippen LogP contribution in [0, 0.1) is 13.8 Å². The molecule has 0 radical (unpaired) electrons. The van der Waals surface area contributed by atoms with E-state index in [2.05, 4.69) is 33.7 Å². The van der Waals surface area contributed by atoms with E-state index in [0.717, 1.165) is 35.8 Å². The van der Waals surface area contributed by atoms with Gasteiger partial charge in [-0.2, -0.15) is 5.10 Å². The molecule has 1 aliphatic rings. The molecule has 2 N–H and O–H groups in total. The number of para-hydroxylation sites is 1. The highest BCUT2D eigenvalue weighted by atomic mass is 127. The summed E-state index contributed by atoms with van der Waals surface area (Å²) in [5.41, 5.74) is 4.58. The highest BCUT2D eigenvalue weighted by molar-refractivity contribution is 14.0. The van der Waals surface area contributed by atoms with Crippen LogP contribution in [0.5, 0.6) is 5.75 Å². The smallest absolute Gasteiger partial charge is 0.191 e. The van der Waals surface area contributed by atoms with Crippen LogP contribution in [0.15, 0.2) is 29.3 Å². The molecule has 2 aromatic rings. The number of rotatable bonds is 6. The van der Waals surface area contributed by atoms with Gasteiger partial charge in [-0.1, -0.05) is 18.2 Å². The van der Waals surface area contributed by atoms with Gasteiger partial charge < -0.3 is 15.4 Å². The lowest BCUT2D eigenvalue weighted by atomic mass is 9.96. The monoisotopic (exact) mass is 483 g/mol. The summed E-state index contributed by atoms with van der Waals surface area (Å²) in [6.07, 6.45) is 3.98. The average Bonchev–Trinajstić information content (AvgIpc) is 2.84. The standard InChI is InChI=1S/C20H29N5O.HI/c1-14-18(15(2)25(4)24-14)13-23-20(21-3)22-12-16-8-5-6-11-19(16)26-17-9-7-10-17;/h5-6,8,11,17H,7,9-10,12-13H2,1-4H3,(H2,21,22,23);1H. The SMILES string of the molecule is CN=C(NCc1ccccc1OC1CCC1)NCc1c(C)nn(C)c1C.I. The maximum Gasteiger partial charge on any atom is 0.191 e. The number of hydrogen-bond acceptors (Lipinski definition) is 3. The molecule has 1 heterocycles. The van der Waals surface area contributed by atoms with Gasteiger partial charge in [0.15, 0.2) is 5.96 Å². The predicted molar refractivity (Wildman–Crippen MR) is 120 cm³/mol. The summed E-state index contributed by atoms with van der Waals surface area (Å²) in [5.74, 6) is 1.74. The van der Waals surface area contributed by atoms with Gasteiger partial charge in [0.1, 0.15) is 5.75 Å². The Bertz CT molecular complexity index is 783. The molecule has 1 saturated carbocycles. The number of ether oxygens (including phenoxy) is 1. The van der Waals surface area contributed by atoms with E-state index in [0.29, 0.717) is 19.2 Å². The Kier molecular flexibility index (Phi) is 7.94. The molecule has 6 nitrogen and oxygen atoms in total. The van der Waals surface area contributed by atoms with Crippen molar-refractivity contribution in [3.63, 3.8) is 0 Å². The van der Waals surface area contributed by atoms with E-state index >= 15 is 0 Å². The quantitative estimate of drug-likeness (QED) is 0.376.